The van der Waals surface area contributed by atoms with Gasteiger partial charge in [-0.15, -0.1) is 11.3 Å². The average Bonchev–Trinajstić information content (AvgIpc) is 2.88. The molecule has 0 aliphatic carbocycles. The van der Waals surface area contributed by atoms with Gasteiger partial charge >= 0.3 is 0 Å². The van der Waals surface area contributed by atoms with Crippen molar-refractivity contribution in [1.29, 1.82) is 0 Å². The first-order valence-corrected chi connectivity index (χ1v) is 7.91. The van der Waals surface area contributed by atoms with Gasteiger partial charge in [-0.05, 0) is 0 Å². The SMILES string of the molecule is NCCSCC(=O)Nc1nc(-c2ccccc2)cs1. The van der Waals surface area contributed by atoms with Crippen LogP contribution in [0.1, 0.15) is 0 Å². The number of nitrogens with two attached hydrogens (primary N) is 1. The summed E-state index contributed by atoms with van der Waals surface area (Å²) >= 11 is 2.96. The van der Waals surface area contributed by atoms with Crippen molar-refractivity contribution >= 4 is 34.1 Å². The summed E-state index contributed by atoms with van der Waals surface area (Å²) in [5, 5.41) is 5.38. The summed E-state index contributed by atoms with van der Waals surface area (Å²) < 4.78 is 0. The maximum atomic E-state index is 11.6. The molecule has 3 N–H and O–H groups in total. The number of nitrogens with zero attached hydrogens (tertiary/aromatic N) is 1. The number of aromatic nitrogens is 1. The molecule has 2 rings (SSSR count). The Bertz CT molecular complexity index is 528. The van der Waals surface area contributed by atoms with Crippen molar-refractivity contribution in [3.63, 3.8) is 0 Å². The summed E-state index contributed by atoms with van der Waals surface area (Å²) in [6, 6.07) is 9.90. The number of carbonyl (C=O) groups excluding carboxylic acids is 1. The number of nitrogens with one attached hydrogen (secondary N) is 1. The second-order valence-corrected chi connectivity index (χ2v) is 5.76. The van der Waals surface area contributed by atoms with Crippen molar-refractivity contribution in [2.24, 2.45) is 5.73 Å². The number of thiazole rings is 1. The zero-order valence-electron chi connectivity index (χ0n) is 10.3. The first-order chi connectivity index (χ1) is 9.29. The number of amides is 1. The van der Waals surface area contributed by atoms with Gasteiger partial charge in [-0.25, -0.2) is 4.98 Å². The van der Waals surface area contributed by atoms with Gasteiger partial charge in [0.2, 0.25) is 5.91 Å². The van der Waals surface area contributed by atoms with Gasteiger partial charge in [0.05, 0.1) is 11.4 Å². The van der Waals surface area contributed by atoms with Crippen molar-refractivity contribution in [2.45, 2.75) is 0 Å². The van der Waals surface area contributed by atoms with Crippen LogP contribution in [0.4, 0.5) is 5.13 Å². The van der Waals surface area contributed by atoms with Crippen LogP contribution in [-0.4, -0.2) is 28.9 Å². The van der Waals surface area contributed by atoms with Crippen molar-refractivity contribution in [2.75, 3.05) is 23.4 Å². The Morgan fingerprint density at radius 2 is 2.16 bits per heavy atom. The Kier molecular flexibility index (Phi) is 5.38. The second-order valence-electron chi connectivity index (χ2n) is 3.79. The van der Waals surface area contributed by atoms with Gasteiger partial charge in [-0.1, -0.05) is 30.3 Å². The molecule has 0 aliphatic rings. The summed E-state index contributed by atoms with van der Waals surface area (Å²) in [5.41, 5.74) is 7.31. The molecule has 0 saturated carbocycles. The molecule has 0 bridgehead atoms. The molecule has 0 saturated heterocycles. The molecule has 4 nitrogen and oxygen atoms in total. The second kappa shape index (κ2) is 7.28. The van der Waals surface area contributed by atoms with E-state index in [-0.39, 0.29) is 5.91 Å². The highest BCUT2D eigenvalue weighted by Crippen LogP contribution is 2.24. The lowest BCUT2D eigenvalue weighted by Gasteiger charge is -2.00. The van der Waals surface area contributed by atoms with E-state index in [2.05, 4.69) is 10.3 Å². The van der Waals surface area contributed by atoms with Gasteiger partial charge in [0.1, 0.15) is 0 Å². The monoisotopic (exact) mass is 293 g/mol. The van der Waals surface area contributed by atoms with Gasteiger partial charge < -0.3 is 11.1 Å². The standard InChI is InChI=1S/C13H15N3OS2/c14-6-7-18-9-12(17)16-13-15-11(8-19-13)10-4-2-1-3-5-10/h1-5,8H,6-7,9,14H2,(H,15,16,17). The van der Waals surface area contributed by atoms with Gasteiger partial charge in [-0.3, -0.25) is 4.79 Å². The minimum atomic E-state index is -0.0348. The highest BCUT2D eigenvalue weighted by molar-refractivity contribution is 7.99. The molecule has 100 valence electrons. The molecular formula is C13H15N3OS2. The Hall–Kier alpha value is -1.37. The molecule has 0 atom stereocenters. The Labute approximate surface area is 120 Å². The van der Waals surface area contributed by atoms with Crippen molar-refractivity contribution in [1.82, 2.24) is 4.98 Å². The fraction of sp³-hybridized carbons (Fsp3) is 0.231. The van der Waals surface area contributed by atoms with E-state index in [0.29, 0.717) is 17.4 Å². The fourth-order valence-electron chi connectivity index (χ4n) is 1.48. The van der Waals surface area contributed by atoms with Crippen LogP contribution in [0, 0.1) is 0 Å². The van der Waals surface area contributed by atoms with E-state index in [0.717, 1.165) is 17.0 Å². The minimum absolute atomic E-state index is 0.0348. The molecule has 1 aromatic carbocycles. The first-order valence-electron chi connectivity index (χ1n) is 5.88. The highest BCUT2D eigenvalue weighted by atomic mass is 32.2. The largest absolute Gasteiger partial charge is 0.330 e. The normalized spacial score (nSPS) is 10.4. The molecule has 0 fully saturated rings. The van der Waals surface area contributed by atoms with E-state index in [4.69, 9.17) is 5.73 Å². The predicted molar refractivity (Wildman–Crippen MR) is 82.6 cm³/mol. The third kappa shape index (κ3) is 4.34. The van der Waals surface area contributed by atoms with E-state index in [1.54, 1.807) is 0 Å². The van der Waals surface area contributed by atoms with Crippen LogP contribution in [0.3, 0.4) is 0 Å². The maximum absolute atomic E-state index is 11.6. The average molecular weight is 293 g/mol. The number of benzene rings is 1. The fourth-order valence-corrected chi connectivity index (χ4v) is 2.78. The first kappa shape index (κ1) is 14.0. The molecule has 1 heterocycles. The molecule has 0 spiro atoms. The van der Waals surface area contributed by atoms with E-state index in [1.165, 1.54) is 23.1 Å². The Morgan fingerprint density at radius 1 is 1.37 bits per heavy atom. The third-order valence-electron chi connectivity index (χ3n) is 2.32. The number of hydrogen-bond donors (Lipinski definition) is 2. The summed E-state index contributed by atoms with van der Waals surface area (Å²) in [5.74, 6) is 1.17. The Morgan fingerprint density at radius 3 is 2.89 bits per heavy atom. The molecule has 0 aliphatic heterocycles. The lowest BCUT2D eigenvalue weighted by atomic mass is 10.2. The molecule has 19 heavy (non-hydrogen) atoms. The number of carbonyl (C=O) groups is 1. The van der Waals surface area contributed by atoms with Gasteiger partial charge in [0.25, 0.3) is 0 Å². The lowest BCUT2D eigenvalue weighted by Crippen LogP contribution is -2.15. The van der Waals surface area contributed by atoms with E-state index >= 15 is 0 Å². The van der Waals surface area contributed by atoms with E-state index < -0.39 is 0 Å². The van der Waals surface area contributed by atoms with Crippen LogP contribution in [0.2, 0.25) is 0 Å². The molecule has 1 aromatic heterocycles. The summed E-state index contributed by atoms with van der Waals surface area (Å²) in [6.45, 7) is 0.591. The van der Waals surface area contributed by atoms with E-state index in [9.17, 15) is 4.79 Å². The molecular weight excluding hydrogens is 278 g/mol. The number of thioether (sulfide) groups is 1. The van der Waals surface area contributed by atoms with Crippen molar-refractivity contribution < 1.29 is 4.79 Å². The quantitative estimate of drug-likeness (QED) is 0.803. The molecule has 2 aromatic rings. The van der Waals surface area contributed by atoms with Gasteiger partial charge in [0.15, 0.2) is 5.13 Å². The summed E-state index contributed by atoms with van der Waals surface area (Å²) in [6.07, 6.45) is 0. The summed E-state index contributed by atoms with van der Waals surface area (Å²) in [4.78, 5) is 16.0. The third-order valence-corrected chi connectivity index (χ3v) is 4.06. The van der Waals surface area contributed by atoms with Crippen LogP contribution >= 0.6 is 23.1 Å². The predicted octanol–water partition coefficient (Wildman–Crippen LogP) is 2.44. The van der Waals surface area contributed by atoms with Crippen molar-refractivity contribution in [3.8, 4) is 11.3 Å². The van der Waals surface area contributed by atoms with Crippen LogP contribution in [0.25, 0.3) is 11.3 Å². The van der Waals surface area contributed by atoms with Gasteiger partial charge in [-0.2, -0.15) is 11.8 Å². The van der Waals surface area contributed by atoms with Crippen LogP contribution < -0.4 is 11.1 Å². The zero-order chi connectivity index (χ0) is 13.5. The molecule has 0 unspecified atom stereocenters. The minimum Gasteiger partial charge on any atom is -0.330 e. The smallest absolute Gasteiger partial charge is 0.236 e. The van der Waals surface area contributed by atoms with E-state index in [1.807, 2.05) is 35.7 Å². The summed E-state index contributed by atoms with van der Waals surface area (Å²) in [7, 11) is 0. The topological polar surface area (TPSA) is 68.0 Å². The molecule has 1 amide bonds. The molecule has 0 radical (unpaired) electrons. The van der Waals surface area contributed by atoms with Gasteiger partial charge in [0, 0.05) is 23.2 Å². The number of hydrogen-bond acceptors (Lipinski definition) is 5. The van der Waals surface area contributed by atoms with Crippen LogP contribution in [0.15, 0.2) is 35.7 Å². The number of rotatable bonds is 6. The maximum Gasteiger partial charge on any atom is 0.236 e. The van der Waals surface area contributed by atoms with Crippen molar-refractivity contribution in [3.05, 3.63) is 35.7 Å². The lowest BCUT2D eigenvalue weighted by molar-refractivity contribution is -0.113. The zero-order valence-corrected chi connectivity index (χ0v) is 12.0. The highest BCUT2D eigenvalue weighted by Gasteiger charge is 2.07. The van der Waals surface area contributed by atoms with Crippen LogP contribution in [0.5, 0.6) is 0 Å². The molecule has 6 heteroatoms. The van der Waals surface area contributed by atoms with Crippen LogP contribution in [-0.2, 0) is 4.79 Å². The Balaban J connectivity index is 1.93. The number of anilines is 1.